The molecule has 6 heteroatoms. The van der Waals surface area contributed by atoms with Gasteiger partial charge < -0.3 is 14.5 Å². The summed E-state index contributed by atoms with van der Waals surface area (Å²) in [6.45, 7) is 13.8. The first-order chi connectivity index (χ1) is 51.8. The fraction of sp³-hybridized carbons (Fsp3) is 0.100. The van der Waals surface area contributed by atoms with Gasteiger partial charge in [0.05, 0.1) is 22.2 Å². The summed E-state index contributed by atoms with van der Waals surface area (Å²) in [7, 11) is -3.27. The summed E-state index contributed by atoms with van der Waals surface area (Å²) in [6.07, 6.45) is 0. The van der Waals surface area contributed by atoms with Crippen LogP contribution in [0.1, 0.15) is 97.2 Å². The van der Waals surface area contributed by atoms with Gasteiger partial charge in [0.1, 0.15) is 11.5 Å². The zero-order chi connectivity index (χ0) is 70.9. The average Bonchev–Trinajstić information content (AvgIpc) is 1.21. The van der Waals surface area contributed by atoms with Crippen molar-refractivity contribution in [2.45, 2.75) is 63.2 Å². The van der Waals surface area contributed by atoms with Crippen LogP contribution in [0.5, 0.6) is 11.5 Å². The topological polar surface area (TPSA) is 15.7 Å². The molecule has 3 nitrogen and oxygen atoms in total. The molecule has 3 aliphatic heterocycles. The third kappa shape index (κ3) is 7.98. The second-order valence-electron chi connectivity index (χ2n) is 32.2. The van der Waals surface area contributed by atoms with Gasteiger partial charge in [-0.3, -0.25) is 0 Å². The molecule has 0 bridgehead atoms. The maximum atomic E-state index is 8.23. The zero-order valence-corrected chi connectivity index (χ0v) is 61.7. The van der Waals surface area contributed by atoms with E-state index in [-0.39, 0.29) is 17.5 Å². The van der Waals surface area contributed by atoms with Crippen molar-refractivity contribution in [1.29, 1.82) is 0 Å². The van der Waals surface area contributed by atoms with Gasteiger partial charge >= 0.3 is 0 Å². The van der Waals surface area contributed by atoms with Crippen molar-refractivity contribution < 1.29 is 4.74 Å². The van der Waals surface area contributed by atoms with Crippen molar-refractivity contribution >= 4 is 97.6 Å². The Kier molecular flexibility index (Phi) is 12.8. The molecule has 4 aliphatic carbocycles. The number of fused-ring (bicyclic) bond motifs is 26. The second-order valence-corrected chi connectivity index (χ2v) is 36.4. The molecule has 2 spiro atoms. The lowest BCUT2D eigenvalue weighted by atomic mass is 9.33. The van der Waals surface area contributed by atoms with Crippen LogP contribution in [0.25, 0.3) is 55.6 Å². The standard InChI is InChI=1S/C100H72BClN2OSi/c1-97(2,3)63-53-62(54-64(56-63)98(4,5)6)61-51-52-82-86(55-61)103(84-47-27-45-80-94(84)72-37-17-23-43-78(72)99(80)74-39-19-13-33-68(74)69-34-14-20-40-75(69)99)88-57-65(102)58-89-96(88)101(82)83-59-93-91(105-90-49-25-26-50-92(90)106(93,66-29-9-7-10-30-66)67-31-11-8-12-32-67)60-87(83)104(89)85-48-28-46-81-95(85)73-38-18-24-44-79(73)100(81)76-41-21-15-35-70(76)71-36-16-22-42-77(71)100/h7-60H,1-6H3. The van der Waals surface area contributed by atoms with Crippen molar-refractivity contribution in [1.82, 2.24) is 0 Å². The maximum Gasteiger partial charge on any atom is 0.252 e. The quantitative estimate of drug-likeness (QED) is 0.160. The van der Waals surface area contributed by atoms with Crippen LogP contribution < -0.4 is 51.7 Å². The van der Waals surface area contributed by atoms with Crippen LogP contribution in [-0.2, 0) is 21.7 Å². The predicted octanol–water partition coefficient (Wildman–Crippen LogP) is 20.9. The number of nitrogens with zero attached hydrogens (tertiary/aromatic N) is 2. The summed E-state index contributed by atoms with van der Waals surface area (Å²) in [5, 5.41) is 5.70. The number of anilines is 6. The molecule has 0 aromatic heterocycles. The normalized spacial score (nSPS) is 15.2. The lowest BCUT2D eigenvalue weighted by molar-refractivity contribution is 0.487. The highest BCUT2D eigenvalue weighted by molar-refractivity contribution is 7.21. The number of ether oxygens (including phenoxy) is 1. The number of hydrogen-bond donors (Lipinski definition) is 0. The van der Waals surface area contributed by atoms with E-state index in [1.54, 1.807) is 0 Å². The molecule has 0 radical (unpaired) electrons. The minimum absolute atomic E-state index is 0.111. The summed E-state index contributed by atoms with van der Waals surface area (Å²) in [4.78, 5) is 5.27. The fourth-order valence-corrected chi connectivity index (χ4v) is 25.8. The Morgan fingerprint density at radius 1 is 0.311 bits per heavy atom. The Balaban J connectivity index is 0.885. The lowest BCUT2D eigenvalue weighted by Crippen LogP contribution is -2.77. The maximum absolute atomic E-state index is 8.23. The molecule has 0 fully saturated rings. The average molecular weight is 1390 g/mol. The van der Waals surface area contributed by atoms with Crippen LogP contribution >= 0.6 is 11.6 Å². The van der Waals surface area contributed by atoms with Gasteiger partial charge in [-0.15, -0.1) is 0 Å². The van der Waals surface area contributed by atoms with Gasteiger partial charge in [0.2, 0.25) is 0 Å². The Hall–Kier alpha value is -11.7. The Morgan fingerprint density at radius 3 is 1.19 bits per heavy atom. The predicted molar refractivity (Wildman–Crippen MR) is 445 cm³/mol. The number of para-hydroxylation sites is 1. The van der Waals surface area contributed by atoms with Crippen molar-refractivity contribution in [2.75, 3.05) is 9.80 Å². The molecule has 0 amide bonds. The van der Waals surface area contributed by atoms with Crippen LogP contribution in [0.2, 0.25) is 5.02 Å². The molecule has 3 heterocycles. The molecule has 0 unspecified atom stereocenters. The number of benzene rings is 15. The highest BCUT2D eigenvalue weighted by atomic mass is 35.5. The van der Waals surface area contributed by atoms with Gasteiger partial charge in [-0.05, 0) is 185 Å². The molecular weight excluding hydrogens is 1320 g/mol. The molecule has 106 heavy (non-hydrogen) atoms. The van der Waals surface area contributed by atoms with Crippen LogP contribution in [0.4, 0.5) is 34.1 Å². The molecule has 15 aromatic rings. The van der Waals surface area contributed by atoms with Gasteiger partial charge in [-0.2, -0.15) is 0 Å². The largest absolute Gasteiger partial charge is 0.457 e. The van der Waals surface area contributed by atoms with E-state index in [0.717, 1.165) is 51.2 Å². The van der Waals surface area contributed by atoms with E-state index >= 15 is 0 Å². The van der Waals surface area contributed by atoms with Crippen LogP contribution in [0, 0.1) is 0 Å². The number of halogens is 1. The van der Waals surface area contributed by atoms with E-state index in [1.807, 2.05) is 0 Å². The van der Waals surface area contributed by atoms with E-state index in [0.29, 0.717) is 5.02 Å². The second kappa shape index (κ2) is 21.9. The van der Waals surface area contributed by atoms with Gasteiger partial charge in [0.15, 0.2) is 8.07 Å². The summed E-state index contributed by atoms with van der Waals surface area (Å²) < 4.78 is 7.65. The molecular formula is C100H72BClN2OSi. The van der Waals surface area contributed by atoms with Gasteiger partial charge in [0.25, 0.3) is 6.71 Å². The Labute approximate surface area is 626 Å². The van der Waals surface area contributed by atoms with Gasteiger partial charge in [0, 0.05) is 45.0 Å². The number of rotatable bonds is 5. The summed E-state index contributed by atoms with van der Waals surface area (Å²) in [5.74, 6) is 1.75. The molecule has 502 valence electrons. The Morgan fingerprint density at radius 2 is 0.717 bits per heavy atom. The third-order valence-corrected chi connectivity index (χ3v) is 30.0. The molecule has 0 atom stereocenters. The van der Waals surface area contributed by atoms with Crippen LogP contribution in [0.3, 0.4) is 0 Å². The highest BCUT2D eigenvalue weighted by Gasteiger charge is 2.57. The number of hydrogen-bond acceptors (Lipinski definition) is 3. The molecule has 22 rings (SSSR count). The minimum atomic E-state index is -3.27. The SMILES string of the molecule is CC(C)(C)c1cc(-c2ccc3c(c2)N(c2cccc4c2-c2ccccc2C42c4ccccc4-c4ccccc42)c2cc(Cl)cc4c2B3c2cc3c(cc2N4c2cccc4c2-c2ccccc2C42c4ccccc4-c4ccccc42)Oc2ccccc2[Si]3(c2ccccc2)c2ccccc2)cc(C(C)(C)C)c1. The molecule has 15 aromatic carbocycles. The van der Waals surface area contributed by atoms with E-state index in [9.17, 15) is 0 Å². The van der Waals surface area contributed by atoms with Gasteiger partial charge in [-0.25, -0.2) is 0 Å². The highest BCUT2D eigenvalue weighted by Crippen LogP contribution is 2.67. The molecule has 0 saturated carbocycles. The van der Waals surface area contributed by atoms with Crippen molar-refractivity contribution in [3.63, 3.8) is 0 Å². The van der Waals surface area contributed by atoms with E-state index in [4.69, 9.17) is 16.3 Å². The van der Waals surface area contributed by atoms with Crippen molar-refractivity contribution in [3.8, 4) is 67.1 Å². The molecule has 0 saturated heterocycles. The van der Waals surface area contributed by atoms with Crippen molar-refractivity contribution in [2.24, 2.45) is 0 Å². The smallest absolute Gasteiger partial charge is 0.252 e. The summed E-state index contributed by atoms with van der Waals surface area (Å²) in [6, 6.07) is 126. The lowest BCUT2D eigenvalue weighted by Gasteiger charge is -2.46. The van der Waals surface area contributed by atoms with Crippen LogP contribution in [0.15, 0.2) is 328 Å². The van der Waals surface area contributed by atoms with E-state index in [2.05, 4.69) is 379 Å². The monoisotopic (exact) mass is 1390 g/mol. The van der Waals surface area contributed by atoms with Crippen LogP contribution in [-0.4, -0.2) is 14.8 Å². The minimum Gasteiger partial charge on any atom is -0.457 e. The first-order valence-electron chi connectivity index (χ1n) is 37.4. The third-order valence-electron chi connectivity index (χ3n) is 24.9. The van der Waals surface area contributed by atoms with E-state index < -0.39 is 18.9 Å². The Bertz CT molecular complexity index is 6180. The summed E-state index contributed by atoms with van der Waals surface area (Å²) >= 11 is 8.23. The van der Waals surface area contributed by atoms with E-state index in [1.165, 1.54) is 143 Å². The molecule has 0 N–H and O–H groups in total. The van der Waals surface area contributed by atoms with Gasteiger partial charge in [-0.1, -0.05) is 338 Å². The molecule has 7 aliphatic rings. The van der Waals surface area contributed by atoms with Crippen molar-refractivity contribution in [3.05, 3.63) is 388 Å². The zero-order valence-electron chi connectivity index (χ0n) is 59.9. The fourth-order valence-electron chi connectivity index (χ4n) is 20.6. The first kappa shape index (κ1) is 61.7. The summed E-state index contributed by atoms with van der Waals surface area (Å²) in [5.41, 5.74) is 33.9. The first-order valence-corrected chi connectivity index (χ1v) is 39.8.